The number of carbonyl (C=O) groups excluding carboxylic acids is 2. The molecule has 0 radical (unpaired) electrons. The van der Waals surface area contributed by atoms with Crippen molar-refractivity contribution < 1.29 is 9.59 Å². The Morgan fingerprint density at radius 3 is 2.24 bits per heavy atom. The van der Waals surface area contributed by atoms with E-state index in [0.29, 0.717) is 5.69 Å². The maximum atomic E-state index is 11.6. The largest absolute Gasteiger partial charge is 0.269 e. The van der Waals surface area contributed by atoms with Gasteiger partial charge in [0.15, 0.2) is 0 Å². The number of hydrogen-bond donors (Lipinski definition) is 0. The molecular formula is C14H13NO2. The van der Waals surface area contributed by atoms with Crippen LogP contribution in [0.2, 0.25) is 0 Å². The summed E-state index contributed by atoms with van der Waals surface area (Å²) in [4.78, 5) is 24.3. The SMILES string of the molecule is C=C(C)c1ccc(N2C(=O)C=CC2=O)c(C)c1. The Morgan fingerprint density at radius 2 is 1.76 bits per heavy atom. The highest BCUT2D eigenvalue weighted by molar-refractivity contribution is 6.28. The van der Waals surface area contributed by atoms with Crippen LogP contribution in [0.1, 0.15) is 18.1 Å². The minimum Gasteiger partial charge on any atom is -0.269 e. The fourth-order valence-corrected chi connectivity index (χ4v) is 1.81. The standard InChI is InChI=1S/C14H13NO2/c1-9(2)11-4-5-12(10(3)8-11)15-13(16)6-7-14(15)17/h4-8H,1H2,2-3H3. The van der Waals surface area contributed by atoms with Crippen LogP contribution in [0.25, 0.3) is 5.57 Å². The lowest BCUT2D eigenvalue weighted by atomic mass is 10.0. The molecule has 0 atom stereocenters. The van der Waals surface area contributed by atoms with Gasteiger partial charge in [0.25, 0.3) is 11.8 Å². The van der Waals surface area contributed by atoms with Crippen molar-refractivity contribution in [1.29, 1.82) is 0 Å². The molecular weight excluding hydrogens is 214 g/mol. The Labute approximate surface area is 100 Å². The highest BCUT2D eigenvalue weighted by Gasteiger charge is 2.26. The molecule has 3 nitrogen and oxygen atoms in total. The summed E-state index contributed by atoms with van der Waals surface area (Å²) in [6.07, 6.45) is 2.57. The molecule has 1 aliphatic rings. The van der Waals surface area contributed by atoms with Crippen LogP contribution < -0.4 is 4.90 Å². The molecule has 86 valence electrons. The maximum Gasteiger partial charge on any atom is 0.258 e. The zero-order chi connectivity index (χ0) is 12.6. The van der Waals surface area contributed by atoms with Gasteiger partial charge in [-0.25, -0.2) is 4.90 Å². The van der Waals surface area contributed by atoms with E-state index in [2.05, 4.69) is 6.58 Å². The van der Waals surface area contributed by atoms with E-state index in [1.54, 1.807) is 6.07 Å². The van der Waals surface area contributed by atoms with Gasteiger partial charge in [-0.15, -0.1) is 0 Å². The zero-order valence-corrected chi connectivity index (χ0v) is 9.86. The van der Waals surface area contributed by atoms with E-state index in [9.17, 15) is 9.59 Å². The smallest absolute Gasteiger partial charge is 0.258 e. The third kappa shape index (κ3) is 1.91. The molecule has 17 heavy (non-hydrogen) atoms. The molecule has 0 fully saturated rings. The second kappa shape index (κ2) is 4.01. The number of carbonyl (C=O) groups is 2. The second-order valence-corrected chi connectivity index (χ2v) is 4.13. The number of rotatable bonds is 2. The van der Waals surface area contributed by atoms with Crippen molar-refractivity contribution in [2.24, 2.45) is 0 Å². The van der Waals surface area contributed by atoms with Crippen molar-refractivity contribution in [2.45, 2.75) is 13.8 Å². The number of nitrogens with zero attached hydrogens (tertiary/aromatic N) is 1. The first-order chi connectivity index (χ1) is 8.00. The van der Waals surface area contributed by atoms with Gasteiger partial charge in [0.2, 0.25) is 0 Å². The van der Waals surface area contributed by atoms with Crippen LogP contribution in [-0.2, 0) is 9.59 Å². The Hall–Kier alpha value is -2.16. The Morgan fingerprint density at radius 1 is 1.18 bits per heavy atom. The van der Waals surface area contributed by atoms with Gasteiger partial charge in [0, 0.05) is 12.2 Å². The molecule has 1 heterocycles. The summed E-state index contributed by atoms with van der Waals surface area (Å²) >= 11 is 0. The van der Waals surface area contributed by atoms with Crippen molar-refractivity contribution >= 4 is 23.1 Å². The molecule has 0 unspecified atom stereocenters. The van der Waals surface area contributed by atoms with Gasteiger partial charge in [-0.05, 0) is 37.1 Å². The molecule has 1 aromatic carbocycles. The lowest BCUT2D eigenvalue weighted by molar-refractivity contribution is -0.119. The van der Waals surface area contributed by atoms with Crippen molar-refractivity contribution in [2.75, 3.05) is 4.90 Å². The number of aryl methyl sites for hydroxylation is 1. The van der Waals surface area contributed by atoms with Gasteiger partial charge in [0.05, 0.1) is 5.69 Å². The number of amides is 2. The number of imide groups is 1. The molecule has 3 heteroatoms. The molecule has 0 N–H and O–H groups in total. The molecule has 2 amide bonds. The number of benzene rings is 1. The molecule has 0 saturated carbocycles. The number of hydrogen-bond acceptors (Lipinski definition) is 2. The van der Waals surface area contributed by atoms with Crippen LogP contribution in [0, 0.1) is 6.92 Å². The Balaban J connectivity index is 2.44. The van der Waals surface area contributed by atoms with Crippen LogP contribution in [0.15, 0.2) is 36.9 Å². The minimum atomic E-state index is -0.291. The summed E-state index contributed by atoms with van der Waals surface area (Å²) in [5.41, 5.74) is 3.49. The molecule has 0 spiro atoms. The zero-order valence-electron chi connectivity index (χ0n) is 9.86. The van der Waals surface area contributed by atoms with Gasteiger partial charge in [-0.2, -0.15) is 0 Å². The third-order valence-electron chi connectivity index (χ3n) is 2.74. The van der Waals surface area contributed by atoms with Crippen molar-refractivity contribution in [3.63, 3.8) is 0 Å². The third-order valence-corrected chi connectivity index (χ3v) is 2.74. The molecule has 2 rings (SSSR count). The molecule has 0 bridgehead atoms. The first-order valence-electron chi connectivity index (χ1n) is 5.33. The van der Waals surface area contributed by atoms with Crippen LogP contribution >= 0.6 is 0 Å². The second-order valence-electron chi connectivity index (χ2n) is 4.13. The molecule has 1 aliphatic heterocycles. The predicted molar refractivity (Wildman–Crippen MR) is 67.5 cm³/mol. The normalized spacial score (nSPS) is 14.6. The van der Waals surface area contributed by atoms with Gasteiger partial charge >= 0.3 is 0 Å². The fourth-order valence-electron chi connectivity index (χ4n) is 1.81. The lowest BCUT2D eigenvalue weighted by Crippen LogP contribution is -2.30. The summed E-state index contributed by atoms with van der Waals surface area (Å²) in [6.45, 7) is 7.66. The average molecular weight is 227 g/mol. The van der Waals surface area contributed by atoms with Crippen LogP contribution in [0.4, 0.5) is 5.69 Å². The van der Waals surface area contributed by atoms with Crippen LogP contribution in [0.5, 0.6) is 0 Å². The molecule has 0 saturated heterocycles. The topological polar surface area (TPSA) is 37.4 Å². The highest BCUT2D eigenvalue weighted by Crippen LogP contribution is 2.26. The van der Waals surface area contributed by atoms with E-state index in [1.165, 1.54) is 17.1 Å². The van der Waals surface area contributed by atoms with E-state index in [-0.39, 0.29) is 11.8 Å². The molecule has 0 aliphatic carbocycles. The molecule has 0 aromatic heterocycles. The van der Waals surface area contributed by atoms with Crippen LogP contribution in [0.3, 0.4) is 0 Å². The van der Waals surface area contributed by atoms with E-state index in [1.807, 2.05) is 26.0 Å². The van der Waals surface area contributed by atoms with Crippen molar-refractivity contribution in [3.8, 4) is 0 Å². The lowest BCUT2D eigenvalue weighted by Gasteiger charge is -2.17. The summed E-state index contributed by atoms with van der Waals surface area (Å²) in [6, 6.07) is 5.57. The van der Waals surface area contributed by atoms with Gasteiger partial charge in [0.1, 0.15) is 0 Å². The van der Waals surface area contributed by atoms with Gasteiger partial charge in [-0.3, -0.25) is 9.59 Å². The van der Waals surface area contributed by atoms with E-state index >= 15 is 0 Å². The van der Waals surface area contributed by atoms with Crippen molar-refractivity contribution in [3.05, 3.63) is 48.1 Å². The van der Waals surface area contributed by atoms with Gasteiger partial charge < -0.3 is 0 Å². The highest BCUT2D eigenvalue weighted by atomic mass is 16.2. The summed E-state index contributed by atoms with van der Waals surface area (Å²) in [5.74, 6) is -0.581. The van der Waals surface area contributed by atoms with E-state index in [0.717, 1.165) is 16.7 Å². The summed E-state index contributed by atoms with van der Waals surface area (Å²) in [5, 5.41) is 0. The Kier molecular flexibility index (Phi) is 2.68. The first-order valence-corrected chi connectivity index (χ1v) is 5.33. The average Bonchev–Trinajstić information content (AvgIpc) is 2.59. The number of anilines is 1. The minimum absolute atomic E-state index is 0.291. The number of allylic oxidation sites excluding steroid dienone is 1. The Bertz CT molecular complexity index is 537. The monoisotopic (exact) mass is 227 g/mol. The fraction of sp³-hybridized carbons (Fsp3) is 0.143. The molecule has 1 aromatic rings. The summed E-state index contributed by atoms with van der Waals surface area (Å²) < 4.78 is 0. The quantitative estimate of drug-likeness (QED) is 0.728. The van der Waals surface area contributed by atoms with Crippen LogP contribution in [-0.4, -0.2) is 11.8 Å². The van der Waals surface area contributed by atoms with E-state index < -0.39 is 0 Å². The van der Waals surface area contributed by atoms with E-state index in [4.69, 9.17) is 0 Å². The first kappa shape index (κ1) is 11.3. The summed E-state index contributed by atoms with van der Waals surface area (Å²) in [7, 11) is 0. The predicted octanol–water partition coefficient (Wildman–Crippen LogP) is 2.46. The maximum absolute atomic E-state index is 11.6. The van der Waals surface area contributed by atoms with Gasteiger partial charge in [-0.1, -0.05) is 18.2 Å². The van der Waals surface area contributed by atoms with Crippen molar-refractivity contribution in [1.82, 2.24) is 0 Å².